The smallest absolute Gasteiger partial charge is 0.206 e. The number of ketones is 1. The zero-order chi connectivity index (χ0) is 6.41. The lowest BCUT2D eigenvalue weighted by atomic mass is 10.2. The van der Waals surface area contributed by atoms with E-state index in [9.17, 15) is 9.59 Å². The van der Waals surface area contributed by atoms with Crippen LogP contribution in [-0.2, 0) is 9.59 Å². The Bertz CT molecular complexity index is 90.4. The summed E-state index contributed by atoms with van der Waals surface area (Å²) in [5, 5.41) is 0. The Hall–Kier alpha value is -0.700. The molecule has 2 N–H and O–H groups in total. The Kier molecular flexibility index (Phi) is 4.07. The lowest BCUT2D eigenvalue weighted by Crippen LogP contribution is -2.07. The minimum absolute atomic E-state index is 0.114. The van der Waals surface area contributed by atoms with Crippen molar-refractivity contribution in [3.8, 4) is 0 Å². The lowest BCUT2D eigenvalue weighted by Gasteiger charge is -1.86. The van der Waals surface area contributed by atoms with Crippen LogP contribution in [0.25, 0.3) is 0 Å². The summed E-state index contributed by atoms with van der Waals surface area (Å²) >= 11 is 0. The predicted molar refractivity (Wildman–Crippen MR) is 29.0 cm³/mol. The molecule has 0 atom stereocenters. The molecule has 0 spiro atoms. The third kappa shape index (κ3) is 3.49. The molecule has 0 aromatic rings. The van der Waals surface area contributed by atoms with Gasteiger partial charge in [-0.25, -0.2) is 0 Å². The van der Waals surface area contributed by atoms with Crippen molar-refractivity contribution < 1.29 is 9.59 Å². The monoisotopic (exact) mass is 114 g/mol. The summed E-state index contributed by atoms with van der Waals surface area (Å²) in [5.41, 5.74) is 5.01. The summed E-state index contributed by atoms with van der Waals surface area (Å²) in [7, 11) is 0. The standard InChI is InChI=1S/C5H8NO2/c6-3-1-5(8)2-4-7/h1-3,6H2. The van der Waals surface area contributed by atoms with E-state index in [1.54, 1.807) is 0 Å². The van der Waals surface area contributed by atoms with Crippen LogP contribution in [0.15, 0.2) is 0 Å². The Morgan fingerprint density at radius 2 is 2.25 bits per heavy atom. The van der Waals surface area contributed by atoms with Crippen LogP contribution in [0.1, 0.15) is 12.8 Å². The van der Waals surface area contributed by atoms with E-state index in [0.717, 1.165) is 0 Å². The van der Waals surface area contributed by atoms with Crippen molar-refractivity contribution in [1.29, 1.82) is 0 Å². The summed E-state index contributed by atoms with van der Waals surface area (Å²) in [4.78, 5) is 19.8. The minimum Gasteiger partial charge on any atom is -0.330 e. The molecule has 1 radical (unpaired) electrons. The second-order valence-corrected chi connectivity index (χ2v) is 1.40. The molecule has 0 saturated carbocycles. The van der Waals surface area contributed by atoms with Crippen molar-refractivity contribution in [2.75, 3.05) is 6.54 Å². The van der Waals surface area contributed by atoms with Crippen LogP contribution in [0.4, 0.5) is 0 Å². The van der Waals surface area contributed by atoms with E-state index in [1.165, 1.54) is 6.29 Å². The first-order valence-electron chi connectivity index (χ1n) is 2.38. The molecule has 0 unspecified atom stereocenters. The van der Waals surface area contributed by atoms with Crippen LogP contribution >= 0.6 is 0 Å². The van der Waals surface area contributed by atoms with Crippen LogP contribution in [0.2, 0.25) is 0 Å². The summed E-state index contributed by atoms with van der Waals surface area (Å²) in [6.07, 6.45) is 1.67. The van der Waals surface area contributed by atoms with Crippen molar-refractivity contribution in [3.63, 3.8) is 0 Å². The maximum absolute atomic E-state index is 10.3. The minimum atomic E-state index is -0.137. The molecule has 0 rings (SSSR count). The molecule has 0 bridgehead atoms. The topological polar surface area (TPSA) is 60.2 Å². The molecule has 0 saturated heterocycles. The largest absolute Gasteiger partial charge is 0.330 e. The second kappa shape index (κ2) is 4.46. The van der Waals surface area contributed by atoms with Gasteiger partial charge in [-0.15, -0.1) is 0 Å². The van der Waals surface area contributed by atoms with Gasteiger partial charge in [0.25, 0.3) is 0 Å². The number of hydrogen-bond acceptors (Lipinski definition) is 3. The fourth-order valence-corrected chi connectivity index (χ4v) is 0.330. The highest BCUT2D eigenvalue weighted by Crippen LogP contribution is 1.81. The number of carbonyl (C=O) groups excluding carboxylic acids is 2. The van der Waals surface area contributed by atoms with E-state index >= 15 is 0 Å². The average Bonchev–Trinajstić information content (AvgIpc) is 1.68. The normalized spacial score (nSPS) is 8.62. The van der Waals surface area contributed by atoms with Gasteiger partial charge in [-0.2, -0.15) is 0 Å². The third-order valence-electron chi connectivity index (χ3n) is 0.693. The van der Waals surface area contributed by atoms with E-state index in [1.807, 2.05) is 0 Å². The van der Waals surface area contributed by atoms with E-state index in [0.29, 0.717) is 6.54 Å². The number of hydrogen-bond donors (Lipinski definition) is 1. The van der Waals surface area contributed by atoms with E-state index in [-0.39, 0.29) is 18.6 Å². The molecule has 0 aromatic heterocycles. The van der Waals surface area contributed by atoms with Gasteiger partial charge in [0.2, 0.25) is 6.29 Å². The van der Waals surface area contributed by atoms with Crippen molar-refractivity contribution in [1.82, 2.24) is 0 Å². The molecule has 8 heavy (non-hydrogen) atoms. The van der Waals surface area contributed by atoms with Crippen LogP contribution in [0.3, 0.4) is 0 Å². The summed E-state index contributed by atoms with van der Waals surface area (Å²) in [6, 6.07) is 0. The quantitative estimate of drug-likeness (QED) is 0.496. The van der Waals surface area contributed by atoms with Gasteiger partial charge < -0.3 is 5.73 Å². The highest BCUT2D eigenvalue weighted by Gasteiger charge is 1.96. The molecule has 0 aliphatic carbocycles. The van der Waals surface area contributed by atoms with Crippen LogP contribution < -0.4 is 5.73 Å². The first-order chi connectivity index (χ1) is 3.81. The molecule has 3 heteroatoms. The summed E-state index contributed by atoms with van der Waals surface area (Å²) < 4.78 is 0. The number of Topliss-reactive ketones (excluding diaryl/α,β-unsaturated/α-hetero) is 1. The molecule has 45 valence electrons. The Morgan fingerprint density at radius 1 is 1.62 bits per heavy atom. The van der Waals surface area contributed by atoms with Gasteiger partial charge in [0, 0.05) is 6.42 Å². The van der Waals surface area contributed by atoms with Crippen LogP contribution in [0, 0.1) is 0 Å². The zero-order valence-electron chi connectivity index (χ0n) is 4.52. The highest BCUT2D eigenvalue weighted by molar-refractivity contribution is 5.89. The van der Waals surface area contributed by atoms with Gasteiger partial charge in [0.05, 0.1) is 6.42 Å². The van der Waals surface area contributed by atoms with Gasteiger partial charge in [-0.1, -0.05) is 0 Å². The zero-order valence-corrected chi connectivity index (χ0v) is 4.52. The van der Waals surface area contributed by atoms with Crippen molar-refractivity contribution in [2.24, 2.45) is 5.73 Å². The van der Waals surface area contributed by atoms with Crippen molar-refractivity contribution in [2.45, 2.75) is 12.8 Å². The summed E-state index contributed by atoms with van der Waals surface area (Å²) in [6.45, 7) is 0.320. The van der Waals surface area contributed by atoms with E-state index < -0.39 is 0 Å². The maximum atomic E-state index is 10.3. The molecule has 0 aromatic carbocycles. The second-order valence-electron chi connectivity index (χ2n) is 1.40. The van der Waals surface area contributed by atoms with Crippen LogP contribution in [-0.4, -0.2) is 18.6 Å². The first-order valence-corrected chi connectivity index (χ1v) is 2.38. The predicted octanol–water partition coefficient (Wildman–Crippen LogP) is -0.596. The lowest BCUT2D eigenvalue weighted by molar-refractivity contribution is -0.117. The van der Waals surface area contributed by atoms with Gasteiger partial charge in [-0.3, -0.25) is 9.59 Å². The van der Waals surface area contributed by atoms with Gasteiger partial charge >= 0.3 is 0 Å². The van der Waals surface area contributed by atoms with Crippen LogP contribution in [0.5, 0.6) is 0 Å². The summed E-state index contributed by atoms with van der Waals surface area (Å²) in [5.74, 6) is -0.137. The molecule has 3 nitrogen and oxygen atoms in total. The third-order valence-corrected chi connectivity index (χ3v) is 0.693. The molecule has 0 aliphatic heterocycles. The van der Waals surface area contributed by atoms with Gasteiger partial charge in [0.1, 0.15) is 5.78 Å². The van der Waals surface area contributed by atoms with E-state index in [4.69, 9.17) is 5.73 Å². The first kappa shape index (κ1) is 7.30. The fourth-order valence-electron chi connectivity index (χ4n) is 0.330. The number of carbonyl (C=O) groups is 1. The molecule has 0 heterocycles. The van der Waals surface area contributed by atoms with Gasteiger partial charge in [0.15, 0.2) is 0 Å². The van der Waals surface area contributed by atoms with E-state index in [2.05, 4.69) is 0 Å². The molecule has 0 fully saturated rings. The van der Waals surface area contributed by atoms with Crippen molar-refractivity contribution in [3.05, 3.63) is 0 Å². The Morgan fingerprint density at radius 3 is 2.62 bits per heavy atom. The number of nitrogens with two attached hydrogens (primary N) is 1. The van der Waals surface area contributed by atoms with Crippen molar-refractivity contribution >= 4 is 12.1 Å². The SMILES string of the molecule is NCCC(=O)C[C]=O. The number of rotatable bonds is 4. The average molecular weight is 114 g/mol. The molecule has 0 aliphatic rings. The molecular weight excluding hydrogens is 106 g/mol. The molecule has 0 amide bonds. The Labute approximate surface area is 47.9 Å². The Balaban J connectivity index is 3.18. The van der Waals surface area contributed by atoms with Gasteiger partial charge in [-0.05, 0) is 6.54 Å². The fraction of sp³-hybridized carbons (Fsp3) is 0.600. The molecular formula is C5H8NO2. The maximum Gasteiger partial charge on any atom is 0.206 e. The highest BCUT2D eigenvalue weighted by atomic mass is 16.1.